The standard InChI is InChI=1S/C25H19F3N4O5/c26-25(27,28)37-14-3-1-2-12(10-14)30-24(34)32-21-20-16-11-13(4-6-17(16)36-22(20)21)35-18-8-9-29-23-15(18)5-7-19(33)31-23/h1-4,6,8-11,20-22H,5,7H2,(H,29,31,33)(H2,30,32,34)/t20-,21-,22-/m0/s1. The van der Waals surface area contributed by atoms with Crippen molar-refractivity contribution in [2.24, 2.45) is 0 Å². The number of anilines is 2. The number of hydrogen-bond acceptors (Lipinski definition) is 6. The topological polar surface area (TPSA) is 111 Å². The van der Waals surface area contributed by atoms with Crippen molar-refractivity contribution in [2.45, 2.75) is 37.3 Å². The van der Waals surface area contributed by atoms with Crippen LogP contribution in [0.25, 0.3) is 0 Å². The second-order valence-electron chi connectivity index (χ2n) is 8.79. The van der Waals surface area contributed by atoms with Gasteiger partial charge in [0.2, 0.25) is 5.91 Å². The minimum Gasteiger partial charge on any atom is -0.487 e. The number of carbonyl (C=O) groups is 2. The van der Waals surface area contributed by atoms with Gasteiger partial charge in [-0.05, 0) is 42.8 Å². The van der Waals surface area contributed by atoms with E-state index in [0.717, 1.165) is 23.3 Å². The lowest BCUT2D eigenvalue weighted by Crippen LogP contribution is -2.34. The molecule has 1 aromatic heterocycles. The molecule has 0 unspecified atom stereocenters. The number of urea groups is 1. The maximum absolute atomic E-state index is 12.5. The van der Waals surface area contributed by atoms with Gasteiger partial charge in [0.1, 0.15) is 34.9 Å². The molecule has 1 fully saturated rings. The van der Waals surface area contributed by atoms with Crippen LogP contribution in [0.15, 0.2) is 54.7 Å². The van der Waals surface area contributed by atoms with E-state index < -0.39 is 18.1 Å². The Morgan fingerprint density at radius 1 is 1.11 bits per heavy atom. The summed E-state index contributed by atoms with van der Waals surface area (Å²) < 4.78 is 53.2. The van der Waals surface area contributed by atoms with Gasteiger partial charge in [-0.3, -0.25) is 4.79 Å². The number of nitrogens with zero attached hydrogens (tertiary/aromatic N) is 1. The fourth-order valence-corrected chi connectivity index (χ4v) is 4.65. The van der Waals surface area contributed by atoms with E-state index in [2.05, 4.69) is 25.7 Å². The Hall–Kier alpha value is -4.48. The van der Waals surface area contributed by atoms with Crippen LogP contribution in [0.3, 0.4) is 0 Å². The third-order valence-electron chi connectivity index (χ3n) is 6.28. The van der Waals surface area contributed by atoms with Crippen LogP contribution in [0.2, 0.25) is 0 Å². The number of halogens is 3. The highest BCUT2D eigenvalue weighted by Crippen LogP contribution is 2.54. The van der Waals surface area contributed by atoms with Crippen LogP contribution in [-0.4, -0.2) is 35.4 Å². The van der Waals surface area contributed by atoms with E-state index in [1.807, 2.05) is 6.07 Å². The zero-order valence-corrected chi connectivity index (χ0v) is 19.0. The minimum absolute atomic E-state index is 0.0865. The van der Waals surface area contributed by atoms with Gasteiger partial charge in [-0.15, -0.1) is 13.2 Å². The van der Waals surface area contributed by atoms with Crippen LogP contribution in [0.1, 0.15) is 23.5 Å². The zero-order valence-electron chi connectivity index (χ0n) is 19.0. The molecular formula is C25H19F3N4O5. The molecule has 1 saturated carbocycles. The summed E-state index contributed by atoms with van der Waals surface area (Å²) in [6.07, 6.45) is -2.63. The molecule has 3 atom stereocenters. The average Bonchev–Trinajstić information content (AvgIpc) is 3.34. The number of pyridine rings is 1. The summed E-state index contributed by atoms with van der Waals surface area (Å²) in [6.45, 7) is 0. The van der Waals surface area contributed by atoms with E-state index in [1.165, 1.54) is 12.1 Å². The predicted octanol–water partition coefficient (Wildman–Crippen LogP) is 4.71. The van der Waals surface area contributed by atoms with Crippen molar-refractivity contribution in [3.8, 4) is 23.0 Å². The molecule has 0 bridgehead atoms. The molecule has 0 radical (unpaired) electrons. The molecule has 6 rings (SSSR count). The summed E-state index contributed by atoms with van der Waals surface area (Å²) in [5, 5.41) is 8.06. The maximum Gasteiger partial charge on any atom is 0.573 e. The molecule has 0 saturated heterocycles. The molecule has 3 aromatic rings. The Labute approximate surface area is 207 Å². The molecule has 3 amide bonds. The van der Waals surface area contributed by atoms with E-state index in [0.29, 0.717) is 35.9 Å². The molecule has 0 spiro atoms. The Bertz CT molecular complexity index is 1410. The molecule has 1 aliphatic carbocycles. The molecule has 2 aromatic carbocycles. The average molecular weight is 512 g/mol. The third kappa shape index (κ3) is 4.69. The summed E-state index contributed by atoms with van der Waals surface area (Å²) in [5.74, 6) is 1.75. The minimum atomic E-state index is -4.83. The van der Waals surface area contributed by atoms with E-state index in [-0.39, 0.29) is 29.7 Å². The van der Waals surface area contributed by atoms with Crippen LogP contribution in [0.5, 0.6) is 23.0 Å². The molecule has 190 valence electrons. The van der Waals surface area contributed by atoms with E-state index in [1.54, 1.807) is 24.4 Å². The van der Waals surface area contributed by atoms with Gasteiger partial charge in [0.05, 0.1) is 12.0 Å². The number of amides is 3. The number of alkyl halides is 3. The largest absolute Gasteiger partial charge is 0.573 e. The Morgan fingerprint density at radius 2 is 1.97 bits per heavy atom. The number of carbonyl (C=O) groups excluding carboxylic acids is 2. The van der Waals surface area contributed by atoms with Crippen molar-refractivity contribution in [1.29, 1.82) is 0 Å². The summed E-state index contributed by atoms with van der Waals surface area (Å²) in [4.78, 5) is 28.3. The van der Waals surface area contributed by atoms with Crippen molar-refractivity contribution in [2.75, 3.05) is 10.6 Å². The Kier molecular flexibility index (Phi) is 5.32. The highest BCUT2D eigenvalue weighted by atomic mass is 19.4. The first-order chi connectivity index (χ1) is 17.7. The lowest BCUT2D eigenvalue weighted by Gasteiger charge is -2.19. The lowest BCUT2D eigenvalue weighted by molar-refractivity contribution is -0.274. The predicted molar refractivity (Wildman–Crippen MR) is 124 cm³/mol. The SMILES string of the molecule is O=C1CCc2c(Oc3ccc4c(c3)[C@H]3[C@H](NC(=O)Nc5cccc(OC(F)(F)F)c5)[C@H]3O4)ccnc2N1. The van der Waals surface area contributed by atoms with Gasteiger partial charge in [0.25, 0.3) is 0 Å². The first kappa shape index (κ1) is 23.0. The highest BCUT2D eigenvalue weighted by Gasteiger charge is 2.59. The number of benzene rings is 2. The monoisotopic (exact) mass is 512 g/mol. The molecule has 3 heterocycles. The highest BCUT2D eigenvalue weighted by molar-refractivity contribution is 5.93. The van der Waals surface area contributed by atoms with Gasteiger partial charge < -0.3 is 30.2 Å². The Balaban J connectivity index is 1.11. The fourth-order valence-electron chi connectivity index (χ4n) is 4.65. The van der Waals surface area contributed by atoms with Gasteiger partial charge in [0, 0.05) is 35.5 Å². The first-order valence-electron chi connectivity index (χ1n) is 11.4. The van der Waals surface area contributed by atoms with E-state index in [4.69, 9.17) is 9.47 Å². The van der Waals surface area contributed by atoms with Crippen molar-refractivity contribution in [3.63, 3.8) is 0 Å². The van der Waals surface area contributed by atoms with Gasteiger partial charge in [0.15, 0.2) is 0 Å². The number of hydrogen-bond donors (Lipinski definition) is 3. The van der Waals surface area contributed by atoms with Crippen LogP contribution in [0.4, 0.5) is 29.5 Å². The number of aromatic nitrogens is 1. The quantitative estimate of drug-likeness (QED) is 0.457. The molecule has 3 N–H and O–H groups in total. The van der Waals surface area contributed by atoms with Crippen LogP contribution in [0, 0.1) is 0 Å². The smallest absolute Gasteiger partial charge is 0.487 e. The van der Waals surface area contributed by atoms with Crippen molar-refractivity contribution in [1.82, 2.24) is 10.3 Å². The van der Waals surface area contributed by atoms with Crippen molar-refractivity contribution in [3.05, 3.63) is 65.9 Å². The van der Waals surface area contributed by atoms with Crippen molar-refractivity contribution < 1.29 is 37.0 Å². The zero-order chi connectivity index (χ0) is 25.7. The lowest BCUT2D eigenvalue weighted by atomic mass is 10.1. The third-order valence-corrected chi connectivity index (χ3v) is 6.28. The van der Waals surface area contributed by atoms with Gasteiger partial charge in [-0.25, -0.2) is 9.78 Å². The summed E-state index contributed by atoms with van der Waals surface area (Å²) >= 11 is 0. The summed E-state index contributed by atoms with van der Waals surface area (Å²) in [5.41, 5.74) is 1.85. The summed E-state index contributed by atoms with van der Waals surface area (Å²) in [7, 11) is 0. The van der Waals surface area contributed by atoms with Gasteiger partial charge >= 0.3 is 12.4 Å². The summed E-state index contributed by atoms with van der Waals surface area (Å²) in [6, 6.07) is 11.3. The number of fused-ring (bicyclic) bond motifs is 4. The van der Waals surface area contributed by atoms with Crippen LogP contribution in [-0.2, 0) is 11.2 Å². The molecule has 12 heteroatoms. The van der Waals surface area contributed by atoms with E-state index in [9.17, 15) is 22.8 Å². The number of rotatable bonds is 5. The maximum atomic E-state index is 12.5. The van der Waals surface area contributed by atoms with Crippen LogP contribution < -0.4 is 30.2 Å². The number of ether oxygens (including phenoxy) is 3. The molecular weight excluding hydrogens is 493 g/mol. The molecule has 9 nitrogen and oxygen atoms in total. The molecule has 37 heavy (non-hydrogen) atoms. The number of nitrogens with one attached hydrogen (secondary N) is 3. The Morgan fingerprint density at radius 3 is 2.81 bits per heavy atom. The van der Waals surface area contributed by atoms with Crippen molar-refractivity contribution >= 4 is 23.4 Å². The molecule has 2 aliphatic heterocycles. The second-order valence-corrected chi connectivity index (χ2v) is 8.79. The van der Waals surface area contributed by atoms with Crippen LogP contribution >= 0.6 is 0 Å². The second kappa shape index (κ2) is 8.57. The first-order valence-corrected chi connectivity index (χ1v) is 11.4. The normalized spacial score (nSPS) is 20.9. The fraction of sp³-hybridized carbons (Fsp3) is 0.240. The van der Waals surface area contributed by atoms with E-state index >= 15 is 0 Å². The van der Waals surface area contributed by atoms with Gasteiger partial charge in [-0.1, -0.05) is 6.07 Å². The van der Waals surface area contributed by atoms with Gasteiger partial charge in [-0.2, -0.15) is 0 Å². The molecule has 3 aliphatic rings.